The molecule has 1 fully saturated rings. The Balaban J connectivity index is 1.83. The molecule has 0 saturated carbocycles. The number of pyridine rings is 1. The summed E-state index contributed by atoms with van der Waals surface area (Å²) in [6, 6.07) is 5.53. The molecule has 1 N–H and O–H groups in total. The van der Waals surface area contributed by atoms with Crippen LogP contribution in [0.15, 0.2) is 35.1 Å². The fourth-order valence-electron chi connectivity index (χ4n) is 3.36. The Labute approximate surface area is 151 Å². The van der Waals surface area contributed by atoms with E-state index in [1.165, 1.54) is 0 Å². The zero-order valence-electron chi connectivity index (χ0n) is 14.9. The molecular weight excluding hydrogens is 332 g/mol. The third-order valence-corrected chi connectivity index (χ3v) is 4.81. The van der Waals surface area contributed by atoms with E-state index in [0.717, 1.165) is 5.39 Å². The number of aromatic nitrogens is 3. The average Bonchev–Trinajstić information content (AvgIpc) is 3.30. The summed E-state index contributed by atoms with van der Waals surface area (Å²) in [4.78, 5) is 19.7. The van der Waals surface area contributed by atoms with Gasteiger partial charge in [-0.15, -0.1) is 0 Å². The highest BCUT2D eigenvalue weighted by Gasteiger charge is 2.26. The lowest BCUT2D eigenvalue weighted by atomic mass is 10.0. The van der Waals surface area contributed by atoms with Gasteiger partial charge in [-0.1, -0.05) is 0 Å². The van der Waals surface area contributed by atoms with Gasteiger partial charge in [-0.05, 0) is 44.9 Å². The Morgan fingerprint density at radius 3 is 2.77 bits per heavy atom. The lowest BCUT2D eigenvalue weighted by Gasteiger charge is -2.29. The summed E-state index contributed by atoms with van der Waals surface area (Å²) in [5.41, 5.74) is 1.87. The highest BCUT2D eigenvalue weighted by atomic mass is 16.3. The third kappa shape index (κ3) is 2.88. The molecule has 0 atom stereocenters. The number of hydrogen-bond donors (Lipinski definition) is 1. The number of carbonyl (C=O) groups excluding carboxylic acids is 1. The quantitative estimate of drug-likeness (QED) is 0.782. The molecule has 1 saturated heterocycles. The molecule has 3 aromatic heterocycles. The van der Waals surface area contributed by atoms with E-state index in [2.05, 4.69) is 5.10 Å². The average molecular weight is 354 g/mol. The number of likely N-dealkylation sites (tertiary alicyclic amines) is 1. The fraction of sp³-hybridized carbons (Fsp3) is 0.421. The van der Waals surface area contributed by atoms with Gasteiger partial charge in [-0.3, -0.25) is 4.79 Å². The van der Waals surface area contributed by atoms with Gasteiger partial charge in [0.05, 0.1) is 29.5 Å². The topological polar surface area (TPSA) is 84.4 Å². The van der Waals surface area contributed by atoms with Gasteiger partial charge >= 0.3 is 0 Å². The number of hydrogen-bond acceptors (Lipinski definition) is 5. The predicted molar refractivity (Wildman–Crippen MR) is 96.8 cm³/mol. The van der Waals surface area contributed by atoms with Crippen molar-refractivity contribution < 1.29 is 14.3 Å². The second-order valence-corrected chi connectivity index (χ2v) is 6.98. The van der Waals surface area contributed by atoms with E-state index in [1.54, 1.807) is 29.5 Å². The third-order valence-electron chi connectivity index (χ3n) is 4.81. The first-order valence-corrected chi connectivity index (χ1v) is 8.94. The predicted octanol–water partition coefficient (Wildman–Crippen LogP) is 2.87. The summed E-state index contributed by atoms with van der Waals surface area (Å²) < 4.78 is 7.31. The van der Waals surface area contributed by atoms with Crippen LogP contribution < -0.4 is 0 Å². The molecule has 1 aliphatic rings. The van der Waals surface area contributed by atoms with Crippen molar-refractivity contribution >= 4 is 16.9 Å². The molecule has 0 spiro atoms. The van der Waals surface area contributed by atoms with Crippen molar-refractivity contribution in [3.05, 3.63) is 36.2 Å². The van der Waals surface area contributed by atoms with Crippen LogP contribution in [0.2, 0.25) is 0 Å². The molecule has 7 heteroatoms. The summed E-state index contributed by atoms with van der Waals surface area (Å²) in [7, 11) is 0. The number of aliphatic hydroxyl groups excluding tert-OH is 1. The molecule has 1 amide bonds. The largest absolute Gasteiger partial charge is 0.463 e. The van der Waals surface area contributed by atoms with Crippen LogP contribution in [0.3, 0.4) is 0 Å². The van der Waals surface area contributed by atoms with Crippen molar-refractivity contribution in [2.75, 3.05) is 13.1 Å². The molecule has 4 rings (SSSR count). The molecule has 4 heterocycles. The Bertz CT molecular complexity index is 922. The number of nitrogens with zero attached hydrogens (tertiary/aromatic N) is 4. The number of amides is 1. The first-order chi connectivity index (χ1) is 12.5. The van der Waals surface area contributed by atoms with E-state index in [4.69, 9.17) is 9.40 Å². The molecule has 0 aromatic carbocycles. The molecule has 0 radical (unpaired) electrons. The summed E-state index contributed by atoms with van der Waals surface area (Å²) >= 11 is 0. The minimum Gasteiger partial charge on any atom is -0.463 e. The van der Waals surface area contributed by atoms with Gasteiger partial charge in [0.1, 0.15) is 5.69 Å². The van der Waals surface area contributed by atoms with E-state index >= 15 is 0 Å². The van der Waals surface area contributed by atoms with E-state index < -0.39 is 0 Å². The molecule has 26 heavy (non-hydrogen) atoms. The Hall–Kier alpha value is -2.67. The number of rotatable bonds is 3. The molecule has 0 unspecified atom stereocenters. The van der Waals surface area contributed by atoms with Crippen molar-refractivity contribution in [3.63, 3.8) is 0 Å². The minimum atomic E-state index is -0.320. The minimum absolute atomic E-state index is 0.0552. The van der Waals surface area contributed by atoms with Crippen LogP contribution in [0.25, 0.3) is 22.5 Å². The summed E-state index contributed by atoms with van der Waals surface area (Å²) in [5.74, 6) is 0.562. The Morgan fingerprint density at radius 2 is 2.12 bits per heavy atom. The maximum Gasteiger partial charge on any atom is 0.254 e. The second kappa shape index (κ2) is 6.57. The van der Waals surface area contributed by atoms with Gasteiger partial charge in [-0.25, -0.2) is 9.67 Å². The zero-order chi connectivity index (χ0) is 18.3. The van der Waals surface area contributed by atoms with Crippen LogP contribution in [0, 0.1) is 0 Å². The smallest absolute Gasteiger partial charge is 0.254 e. The molecule has 0 bridgehead atoms. The summed E-state index contributed by atoms with van der Waals surface area (Å²) in [6.45, 7) is 5.17. The molecular formula is C19H22N4O3. The maximum absolute atomic E-state index is 13.2. The van der Waals surface area contributed by atoms with Crippen molar-refractivity contribution in [3.8, 4) is 11.5 Å². The van der Waals surface area contributed by atoms with Gasteiger partial charge in [-0.2, -0.15) is 5.10 Å². The number of aliphatic hydroxyl groups is 1. The van der Waals surface area contributed by atoms with Crippen LogP contribution in [0.1, 0.15) is 43.1 Å². The number of fused-ring (bicyclic) bond motifs is 1. The van der Waals surface area contributed by atoms with E-state index in [0.29, 0.717) is 48.6 Å². The lowest BCUT2D eigenvalue weighted by Crippen LogP contribution is -2.40. The van der Waals surface area contributed by atoms with Gasteiger partial charge < -0.3 is 14.4 Å². The van der Waals surface area contributed by atoms with Crippen LogP contribution >= 0.6 is 0 Å². The van der Waals surface area contributed by atoms with Crippen molar-refractivity contribution in [2.45, 2.75) is 38.8 Å². The van der Waals surface area contributed by atoms with Crippen LogP contribution in [0.5, 0.6) is 0 Å². The molecule has 136 valence electrons. The lowest BCUT2D eigenvalue weighted by molar-refractivity contribution is 0.0548. The SMILES string of the molecule is CC(C)n1ncc2c(C(=O)N3CCC(O)CC3)cc(-c3ccco3)nc21. The highest BCUT2D eigenvalue weighted by molar-refractivity contribution is 6.06. The summed E-state index contributed by atoms with van der Waals surface area (Å²) in [5, 5.41) is 14.9. The van der Waals surface area contributed by atoms with Crippen LogP contribution in [-0.4, -0.2) is 49.9 Å². The Morgan fingerprint density at radius 1 is 1.35 bits per heavy atom. The highest BCUT2D eigenvalue weighted by Crippen LogP contribution is 2.28. The number of carbonyl (C=O) groups is 1. The van der Waals surface area contributed by atoms with Crippen LogP contribution in [-0.2, 0) is 0 Å². The first-order valence-electron chi connectivity index (χ1n) is 8.94. The molecule has 7 nitrogen and oxygen atoms in total. The van der Waals surface area contributed by atoms with Gasteiger partial charge in [0.15, 0.2) is 11.4 Å². The maximum atomic E-state index is 13.2. The van der Waals surface area contributed by atoms with Crippen molar-refractivity contribution in [2.24, 2.45) is 0 Å². The normalized spacial score (nSPS) is 15.9. The summed E-state index contributed by atoms with van der Waals surface area (Å²) in [6.07, 6.45) is 4.19. The first kappa shape index (κ1) is 16.8. The molecule has 1 aliphatic heterocycles. The number of piperidine rings is 1. The van der Waals surface area contributed by atoms with E-state index in [-0.39, 0.29) is 18.1 Å². The second-order valence-electron chi connectivity index (χ2n) is 6.98. The molecule has 0 aliphatic carbocycles. The standard InChI is InChI=1S/C19H22N4O3/c1-12(2)23-18-15(11-20-23)14(10-16(21-18)17-4-3-9-26-17)19(25)22-7-5-13(24)6-8-22/h3-4,9-13,24H,5-8H2,1-2H3. The van der Waals surface area contributed by atoms with Gasteiger partial charge in [0.2, 0.25) is 0 Å². The Kier molecular flexibility index (Phi) is 4.24. The van der Waals surface area contributed by atoms with Crippen molar-refractivity contribution in [1.82, 2.24) is 19.7 Å². The van der Waals surface area contributed by atoms with Crippen LogP contribution in [0.4, 0.5) is 0 Å². The zero-order valence-corrected chi connectivity index (χ0v) is 14.9. The van der Waals surface area contributed by atoms with E-state index in [9.17, 15) is 9.90 Å². The van der Waals surface area contributed by atoms with Gasteiger partial charge in [0.25, 0.3) is 5.91 Å². The monoisotopic (exact) mass is 354 g/mol. The van der Waals surface area contributed by atoms with Gasteiger partial charge in [0, 0.05) is 19.1 Å². The van der Waals surface area contributed by atoms with Crippen molar-refractivity contribution in [1.29, 1.82) is 0 Å². The van der Waals surface area contributed by atoms with E-state index in [1.807, 2.05) is 24.6 Å². The fourth-order valence-corrected chi connectivity index (χ4v) is 3.36. The number of furan rings is 1. The molecule has 3 aromatic rings.